The molecule has 3 nitrogen and oxygen atoms in total. The van der Waals surface area contributed by atoms with Crippen molar-refractivity contribution in [1.82, 2.24) is 10.6 Å². The summed E-state index contributed by atoms with van der Waals surface area (Å²) in [5.74, 6) is 0.514. The van der Waals surface area contributed by atoms with Crippen LogP contribution in [0.5, 0.6) is 0 Å². The van der Waals surface area contributed by atoms with Crippen molar-refractivity contribution < 1.29 is 9.18 Å². The Hall–Kier alpha value is -0.840. The molecule has 3 unspecified atom stereocenters. The van der Waals surface area contributed by atoms with Crippen LogP contribution in [0.3, 0.4) is 0 Å². The lowest BCUT2D eigenvalue weighted by Gasteiger charge is -2.28. The number of hydrogen-bond donors (Lipinski definition) is 2. The smallest absolute Gasteiger partial charge is 0.220 e. The molecule has 130 valence electrons. The van der Waals surface area contributed by atoms with Gasteiger partial charge in [0.1, 0.15) is 5.82 Å². The number of rotatable bonds is 5. The molecule has 1 aliphatic rings. The zero-order chi connectivity index (χ0) is 16.1. The molecule has 23 heavy (non-hydrogen) atoms. The largest absolute Gasteiger partial charge is 0.350 e. The van der Waals surface area contributed by atoms with Crippen LogP contribution in [0.1, 0.15) is 44.7 Å². The highest BCUT2D eigenvalue weighted by Gasteiger charge is 2.22. The second kappa shape index (κ2) is 9.45. The Morgan fingerprint density at radius 1 is 1.48 bits per heavy atom. The van der Waals surface area contributed by atoms with Crippen molar-refractivity contribution in [3.63, 3.8) is 0 Å². The first-order valence-electron chi connectivity index (χ1n) is 7.92. The molecule has 1 fully saturated rings. The molecule has 1 amide bonds. The fourth-order valence-corrected chi connectivity index (χ4v) is 3.18. The fourth-order valence-electron chi connectivity index (χ4n) is 2.99. The SMILES string of the molecule is CC(NC(=O)CC(C)C1CCCNC1)c1ccc(F)c(Cl)c1.Cl. The van der Waals surface area contributed by atoms with Crippen LogP contribution in [0.25, 0.3) is 0 Å². The minimum atomic E-state index is -0.442. The van der Waals surface area contributed by atoms with Gasteiger partial charge < -0.3 is 10.6 Å². The van der Waals surface area contributed by atoms with Crippen LogP contribution in [0.2, 0.25) is 5.02 Å². The maximum atomic E-state index is 13.2. The van der Waals surface area contributed by atoms with Crippen molar-refractivity contribution in [2.75, 3.05) is 13.1 Å². The van der Waals surface area contributed by atoms with E-state index in [2.05, 4.69) is 17.6 Å². The summed E-state index contributed by atoms with van der Waals surface area (Å²) in [6.07, 6.45) is 2.89. The first-order chi connectivity index (χ1) is 10.5. The van der Waals surface area contributed by atoms with Crippen LogP contribution in [-0.4, -0.2) is 19.0 Å². The van der Waals surface area contributed by atoms with E-state index >= 15 is 0 Å². The highest BCUT2D eigenvalue weighted by Crippen LogP contribution is 2.24. The maximum Gasteiger partial charge on any atom is 0.220 e. The summed E-state index contributed by atoms with van der Waals surface area (Å²) >= 11 is 5.79. The van der Waals surface area contributed by atoms with Gasteiger partial charge in [0.25, 0.3) is 0 Å². The van der Waals surface area contributed by atoms with Crippen molar-refractivity contribution in [2.45, 2.75) is 39.2 Å². The Morgan fingerprint density at radius 2 is 2.22 bits per heavy atom. The van der Waals surface area contributed by atoms with Crippen LogP contribution in [0.15, 0.2) is 18.2 Å². The van der Waals surface area contributed by atoms with Gasteiger partial charge in [0.2, 0.25) is 5.91 Å². The van der Waals surface area contributed by atoms with Gasteiger partial charge >= 0.3 is 0 Å². The normalized spacial score (nSPS) is 20.3. The summed E-state index contributed by atoms with van der Waals surface area (Å²) in [5, 5.41) is 6.44. The van der Waals surface area contributed by atoms with Crippen LogP contribution >= 0.6 is 24.0 Å². The second-order valence-electron chi connectivity index (χ2n) is 6.25. The van der Waals surface area contributed by atoms with Crippen LogP contribution in [0.4, 0.5) is 4.39 Å². The van der Waals surface area contributed by atoms with Crippen molar-refractivity contribution in [2.24, 2.45) is 11.8 Å². The summed E-state index contributed by atoms with van der Waals surface area (Å²) in [7, 11) is 0. The van der Waals surface area contributed by atoms with Gasteiger partial charge in [-0.2, -0.15) is 0 Å². The maximum absolute atomic E-state index is 13.2. The molecule has 0 bridgehead atoms. The third-order valence-corrected chi connectivity index (χ3v) is 4.76. The van der Waals surface area contributed by atoms with E-state index in [1.54, 1.807) is 12.1 Å². The van der Waals surface area contributed by atoms with E-state index in [4.69, 9.17) is 11.6 Å². The molecule has 3 atom stereocenters. The van der Waals surface area contributed by atoms with Gasteiger partial charge in [0.05, 0.1) is 11.1 Å². The van der Waals surface area contributed by atoms with E-state index in [0.717, 1.165) is 18.7 Å². The fraction of sp³-hybridized carbons (Fsp3) is 0.588. The highest BCUT2D eigenvalue weighted by atomic mass is 35.5. The zero-order valence-corrected chi connectivity index (χ0v) is 15.1. The minimum absolute atomic E-state index is 0. The summed E-state index contributed by atoms with van der Waals surface area (Å²) in [6.45, 7) is 6.10. The van der Waals surface area contributed by atoms with Gasteiger partial charge in [-0.25, -0.2) is 4.39 Å². The van der Waals surface area contributed by atoms with Gasteiger partial charge in [0, 0.05) is 6.42 Å². The topological polar surface area (TPSA) is 41.1 Å². The van der Waals surface area contributed by atoms with E-state index in [0.29, 0.717) is 18.3 Å². The lowest BCUT2D eigenvalue weighted by Crippen LogP contribution is -2.36. The van der Waals surface area contributed by atoms with Crippen molar-refractivity contribution in [3.05, 3.63) is 34.6 Å². The Kier molecular flexibility index (Phi) is 8.31. The van der Waals surface area contributed by atoms with Gasteiger partial charge in [0.15, 0.2) is 0 Å². The molecule has 0 saturated carbocycles. The molecule has 0 radical (unpaired) electrons. The number of halogens is 3. The number of amides is 1. The van der Waals surface area contributed by atoms with E-state index in [1.807, 2.05) is 6.92 Å². The average Bonchev–Trinajstić information content (AvgIpc) is 2.50. The van der Waals surface area contributed by atoms with Gasteiger partial charge in [-0.15, -0.1) is 12.4 Å². The minimum Gasteiger partial charge on any atom is -0.350 e. The number of benzene rings is 1. The van der Waals surface area contributed by atoms with E-state index in [1.165, 1.54) is 18.9 Å². The first-order valence-corrected chi connectivity index (χ1v) is 8.30. The standard InChI is InChI=1S/C17H24ClFN2O.ClH/c1-11(14-4-3-7-20-10-14)8-17(22)21-12(2)13-5-6-16(19)15(18)9-13;/h5-6,9,11-12,14,20H,3-4,7-8,10H2,1-2H3,(H,21,22);1H. The number of hydrogen-bond acceptors (Lipinski definition) is 2. The molecule has 1 saturated heterocycles. The lowest BCUT2D eigenvalue weighted by atomic mass is 9.85. The highest BCUT2D eigenvalue weighted by molar-refractivity contribution is 6.30. The van der Waals surface area contributed by atoms with Crippen molar-refractivity contribution >= 4 is 29.9 Å². The number of carbonyl (C=O) groups is 1. The molecule has 0 aromatic heterocycles. The van der Waals surface area contributed by atoms with E-state index in [-0.39, 0.29) is 29.4 Å². The Balaban J connectivity index is 0.00000264. The molecular weight excluding hydrogens is 338 g/mol. The Morgan fingerprint density at radius 3 is 2.83 bits per heavy atom. The third kappa shape index (κ3) is 5.94. The van der Waals surface area contributed by atoms with Crippen molar-refractivity contribution in [1.29, 1.82) is 0 Å². The number of carbonyl (C=O) groups excluding carboxylic acids is 1. The molecular formula is C17H25Cl2FN2O. The summed E-state index contributed by atoms with van der Waals surface area (Å²) < 4.78 is 13.2. The summed E-state index contributed by atoms with van der Waals surface area (Å²) in [4.78, 5) is 12.2. The van der Waals surface area contributed by atoms with E-state index < -0.39 is 5.82 Å². The molecule has 1 heterocycles. The third-order valence-electron chi connectivity index (χ3n) is 4.47. The lowest BCUT2D eigenvalue weighted by molar-refractivity contribution is -0.123. The molecule has 6 heteroatoms. The summed E-state index contributed by atoms with van der Waals surface area (Å²) in [6, 6.07) is 4.37. The summed E-state index contributed by atoms with van der Waals surface area (Å²) in [5.41, 5.74) is 0.812. The monoisotopic (exact) mass is 362 g/mol. The molecule has 0 aliphatic carbocycles. The average molecular weight is 363 g/mol. The Bertz CT molecular complexity index is 521. The number of piperidine rings is 1. The molecule has 1 aromatic carbocycles. The molecule has 1 aliphatic heterocycles. The Labute approximate surface area is 148 Å². The second-order valence-corrected chi connectivity index (χ2v) is 6.66. The molecule has 0 spiro atoms. The predicted octanol–water partition coefficient (Wildman–Crippen LogP) is 4.10. The molecule has 1 aromatic rings. The van der Waals surface area contributed by atoms with E-state index in [9.17, 15) is 9.18 Å². The number of nitrogens with one attached hydrogen (secondary N) is 2. The van der Waals surface area contributed by atoms with Gasteiger partial charge in [-0.1, -0.05) is 24.6 Å². The van der Waals surface area contributed by atoms with Crippen LogP contribution < -0.4 is 10.6 Å². The van der Waals surface area contributed by atoms with Crippen molar-refractivity contribution in [3.8, 4) is 0 Å². The van der Waals surface area contributed by atoms with Gasteiger partial charge in [-0.3, -0.25) is 4.79 Å². The zero-order valence-electron chi connectivity index (χ0n) is 13.6. The van der Waals surface area contributed by atoms with Crippen LogP contribution in [0, 0.1) is 17.7 Å². The molecule has 2 rings (SSSR count). The predicted molar refractivity (Wildman–Crippen MR) is 94.6 cm³/mol. The van der Waals surface area contributed by atoms with Gasteiger partial charge in [-0.05, 0) is 62.4 Å². The first kappa shape index (κ1) is 20.2. The molecule has 2 N–H and O–H groups in total. The quantitative estimate of drug-likeness (QED) is 0.827. The van der Waals surface area contributed by atoms with Crippen LogP contribution in [-0.2, 0) is 4.79 Å².